The number of nitrogens with zero attached hydrogens (tertiary/aromatic N) is 2. The summed E-state index contributed by atoms with van der Waals surface area (Å²) < 4.78 is 0. The molecule has 0 radical (unpaired) electrons. The first-order valence-electron chi connectivity index (χ1n) is 6.19. The minimum atomic E-state index is 0.233. The Labute approximate surface area is 117 Å². The van der Waals surface area contributed by atoms with E-state index in [4.69, 9.17) is 23.1 Å². The third-order valence-corrected chi connectivity index (χ3v) is 3.32. The van der Waals surface area contributed by atoms with Gasteiger partial charge in [0.25, 0.3) is 0 Å². The second-order valence-electron chi connectivity index (χ2n) is 4.51. The zero-order valence-corrected chi connectivity index (χ0v) is 11.6. The SMILES string of the molecule is Cc1nc(N)nc(N)c1CCCc1ccc(Cl)cc1. The quantitative estimate of drug-likeness (QED) is 0.900. The summed E-state index contributed by atoms with van der Waals surface area (Å²) in [7, 11) is 0. The molecule has 0 bridgehead atoms. The Morgan fingerprint density at radius 3 is 2.37 bits per heavy atom. The number of benzene rings is 1. The largest absolute Gasteiger partial charge is 0.383 e. The van der Waals surface area contributed by atoms with E-state index in [0.717, 1.165) is 35.5 Å². The van der Waals surface area contributed by atoms with Crippen LogP contribution in [0.5, 0.6) is 0 Å². The van der Waals surface area contributed by atoms with Crippen LogP contribution in [0.4, 0.5) is 11.8 Å². The minimum Gasteiger partial charge on any atom is -0.383 e. The van der Waals surface area contributed by atoms with E-state index < -0.39 is 0 Å². The second kappa shape index (κ2) is 5.89. The number of aryl methyl sites for hydroxylation is 2. The van der Waals surface area contributed by atoms with Crippen LogP contribution in [0.25, 0.3) is 0 Å². The van der Waals surface area contributed by atoms with Gasteiger partial charge < -0.3 is 11.5 Å². The highest BCUT2D eigenvalue weighted by molar-refractivity contribution is 6.30. The molecule has 0 aliphatic heterocycles. The van der Waals surface area contributed by atoms with Gasteiger partial charge in [0.15, 0.2) is 0 Å². The molecule has 0 spiro atoms. The van der Waals surface area contributed by atoms with Gasteiger partial charge in [-0.15, -0.1) is 0 Å². The molecular formula is C14H17ClN4. The van der Waals surface area contributed by atoms with E-state index in [-0.39, 0.29) is 5.95 Å². The molecule has 5 heteroatoms. The number of rotatable bonds is 4. The maximum Gasteiger partial charge on any atom is 0.222 e. The summed E-state index contributed by atoms with van der Waals surface area (Å²) in [6, 6.07) is 7.89. The maximum atomic E-state index is 5.87. The Hall–Kier alpha value is -1.81. The van der Waals surface area contributed by atoms with Crippen molar-refractivity contribution in [1.29, 1.82) is 0 Å². The van der Waals surface area contributed by atoms with Crippen LogP contribution < -0.4 is 11.5 Å². The minimum absolute atomic E-state index is 0.233. The van der Waals surface area contributed by atoms with Gasteiger partial charge >= 0.3 is 0 Å². The number of halogens is 1. The van der Waals surface area contributed by atoms with Gasteiger partial charge in [0.1, 0.15) is 5.82 Å². The van der Waals surface area contributed by atoms with Crippen molar-refractivity contribution in [2.45, 2.75) is 26.2 Å². The molecular weight excluding hydrogens is 260 g/mol. The normalized spacial score (nSPS) is 10.6. The molecule has 0 amide bonds. The Kier molecular flexibility index (Phi) is 4.22. The molecule has 0 atom stereocenters. The standard InChI is InChI=1S/C14H17ClN4/c1-9-12(13(16)19-14(17)18-9)4-2-3-10-5-7-11(15)8-6-10/h5-8H,2-4H2,1H3,(H4,16,17,18,19). The molecule has 4 N–H and O–H groups in total. The van der Waals surface area contributed by atoms with Crippen molar-refractivity contribution >= 4 is 23.4 Å². The molecule has 100 valence electrons. The molecule has 19 heavy (non-hydrogen) atoms. The lowest BCUT2D eigenvalue weighted by atomic mass is 10.0. The number of nitrogens with two attached hydrogens (primary N) is 2. The molecule has 0 saturated carbocycles. The van der Waals surface area contributed by atoms with Crippen molar-refractivity contribution < 1.29 is 0 Å². The number of hydrogen-bond acceptors (Lipinski definition) is 4. The van der Waals surface area contributed by atoms with Crippen LogP contribution in [0, 0.1) is 6.92 Å². The Morgan fingerprint density at radius 1 is 1.05 bits per heavy atom. The molecule has 4 nitrogen and oxygen atoms in total. The van der Waals surface area contributed by atoms with E-state index >= 15 is 0 Å². The summed E-state index contributed by atoms with van der Waals surface area (Å²) in [6.45, 7) is 1.91. The monoisotopic (exact) mass is 276 g/mol. The van der Waals surface area contributed by atoms with Gasteiger partial charge in [0, 0.05) is 16.3 Å². The molecule has 1 heterocycles. The van der Waals surface area contributed by atoms with Gasteiger partial charge in [0.05, 0.1) is 0 Å². The van der Waals surface area contributed by atoms with Crippen molar-refractivity contribution in [1.82, 2.24) is 9.97 Å². The average Bonchev–Trinajstić information content (AvgIpc) is 2.34. The maximum absolute atomic E-state index is 5.87. The first kappa shape index (κ1) is 13.6. The molecule has 0 unspecified atom stereocenters. The Bertz CT molecular complexity index is 543. The Balaban J connectivity index is 1.98. The van der Waals surface area contributed by atoms with Gasteiger partial charge in [-0.3, -0.25) is 0 Å². The topological polar surface area (TPSA) is 77.8 Å². The summed E-state index contributed by atoms with van der Waals surface area (Å²) in [5.41, 5.74) is 14.5. The molecule has 0 saturated heterocycles. The van der Waals surface area contributed by atoms with E-state index in [2.05, 4.69) is 9.97 Å². The van der Waals surface area contributed by atoms with Crippen molar-refractivity contribution in [3.05, 3.63) is 46.1 Å². The zero-order valence-electron chi connectivity index (χ0n) is 10.9. The van der Waals surface area contributed by atoms with E-state index in [1.54, 1.807) is 0 Å². The van der Waals surface area contributed by atoms with E-state index in [0.29, 0.717) is 5.82 Å². The third kappa shape index (κ3) is 3.58. The summed E-state index contributed by atoms with van der Waals surface area (Å²) in [5.74, 6) is 0.720. The van der Waals surface area contributed by atoms with Gasteiger partial charge in [-0.1, -0.05) is 23.7 Å². The number of hydrogen-bond donors (Lipinski definition) is 2. The zero-order chi connectivity index (χ0) is 13.8. The fraction of sp³-hybridized carbons (Fsp3) is 0.286. The lowest BCUT2D eigenvalue weighted by Crippen LogP contribution is -2.07. The Morgan fingerprint density at radius 2 is 1.74 bits per heavy atom. The van der Waals surface area contributed by atoms with Crippen LogP contribution in [0.1, 0.15) is 23.2 Å². The van der Waals surface area contributed by atoms with Gasteiger partial charge in [-0.2, -0.15) is 4.98 Å². The fourth-order valence-electron chi connectivity index (χ4n) is 2.07. The van der Waals surface area contributed by atoms with Gasteiger partial charge in [-0.25, -0.2) is 4.98 Å². The van der Waals surface area contributed by atoms with Crippen LogP contribution >= 0.6 is 11.6 Å². The van der Waals surface area contributed by atoms with Crippen LogP contribution in [0.2, 0.25) is 5.02 Å². The number of aromatic nitrogens is 2. The van der Waals surface area contributed by atoms with Crippen molar-refractivity contribution in [2.24, 2.45) is 0 Å². The molecule has 1 aromatic carbocycles. The molecule has 0 aliphatic carbocycles. The lowest BCUT2D eigenvalue weighted by molar-refractivity contribution is 0.807. The molecule has 0 fully saturated rings. The number of nitrogen functional groups attached to an aromatic ring is 2. The summed E-state index contributed by atoms with van der Waals surface area (Å²) in [6.07, 6.45) is 2.81. The predicted molar refractivity (Wildman–Crippen MR) is 79.1 cm³/mol. The van der Waals surface area contributed by atoms with E-state index in [1.165, 1.54) is 5.56 Å². The van der Waals surface area contributed by atoms with Gasteiger partial charge in [0.2, 0.25) is 5.95 Å². The summed E-state index contributed by atoms with van der Waals surface area (Å²) >= 11 is 5.85. The summed E-state index contributed by atoms with van der Waals surface area (Å²) in [5, 5.41) is 0.760. The highest BCUT2D eigenvalue weighted by Crippen LogP contribution is 2.18. The van der Waals surface area contributed by atoms with Crippen molar-refractivity contribution in [2.75, 3.05) is 11.5 Å². The predicted octanol–water partition coefficient (Wildman–Crippen LogP) is 2.78. The fourth-order valence-corrected chi connectivity index (χ4v) is 2.20. The van der Waals surface area contributed by atoms with E-state index in [9.17, 15) is 0 Å². The van der Waals surface area contributed by atoms with Gasteiger partial charge in [-0.05, 0) is 43.9 Å². The third-order valence-electron chi connectivity index (χ3n) is 3.07. The highest BCUT2D eigenvalue weighted by atomic mass is 35.5. The smallest absolute Gasteiger partial charge is 0.222 e. The lowest BCUT2D eigenvalue weighted by Gasteiger charge is -2.08. The number of anilines is 2. The first-order chi connectivity index (χ1) is 9.06. The molecule has 0 aliphatic rings. The van der Waals surface area contributed by atoms with Crippen LogP contribution in [-0.2, 0) is 12.8 Å². The van der Waals surface area contributed by atoms with E-state index in [1.807, 2.05) is 31.2 Å². The molecule has 1 aromatic heterocycles. The first-order valence-corrected chi connectivity index (χ1v) is 6.57. The van der Waals surface area contributed by atoms with Crippen molar-refractivity contribution in [3.8, 4) is 0 Å². The van der Waals surface area contributed by atoms with Crippen LogP contribution in [-0.4, -0.2) is 9.97 Å². The highest BCUT2D eigenvalue weighted by Gasteiger charge is 2.07. The summed E-state index contributed by atoms with van der Waals surface area (Å²) in [4.78, 5) is 8.14. The van der Waals surface area contributed by atoms with Crippen LogP contribution in [0.3, 0.4) is 0 Å². The van der Waals surface area contributed by atoms with Crippen LogP contribution in [0.15, 0.2) is 24.3 Å². The molecule has 2 aromatic rings. The second-order valence-corrected chi connectivity index (χ2v) is 4.95. The molecule has 2 rings (SSSR count). The van der Waals surface area contributed by atoms with Crippen molar-refractivity contribution in [3.63, 3.8) is 0 Å². The average molecular weight is 277 g/mol.